The highest BCUT2D eigenvalue weighted by molar-refractivity contribution is 9.10. The maximum absolute atomic E-state index is 10.4. The van der Waals surface area contributed by atoms with Crippen molar-refractivity contribution in [2.24, 2.45) is 0 Å². The van der Waals surface area contributed by atoms with Crippen LogP contribution in [0.4, 0.5) is 0 Å². The number of ether oxygens (including phenoxy) is 2. The molecule has 0 radical (unpaired) electrons. The highest BCUT2D eigenvalue weighted by Gasteiger charge is 2.16. The van der Waals surface area contributed by atoms with Crippen LogP contribution in [0, 0.1) is 0 Å². The molecule has 2 rings (SSSR count). The van der Waals surface area contributed by atoms with Gasteiger partial charge in [-0.1, -0.05) is 28.1 Å². The van der Waals surface area contributed by atoms with Gasteiger partial charge in [0, 0.05) is 16.1 Å². The Morgan fingerprint density at radius 2 is 1.68 bits per heavy atom. The highest BCUT2D eigenvalue weighted by Crippen LogP contribution is 2.33. The second-order valence-corrected chi connectivity index (χ2v) is 4.98. The smallest absolute Gasteiger partial charge is 0.128 e. The van der Waals surface area contributed by atoms with Crippen LogP contribution in [0.5, 0.6) is 11.5 Å². The van der Waals surface area contributed by atoms with Gasteiger partial charge in [-0.25, -0.2) is 0 Å². The minimum atomic E-state index is -0.728. The van der Waals surface area contributed by atoms with E-state index in [9.17, 15) is 5.11 Å². The van der Waals surface area contributed by atoms with Crippen molar-refractivity contribution in [3.05, 3.63) is 58.1 Å². The van der Waals surface area contributed by atoms with Crippen LogP contribution in [0.3, 0.4) is 0 Å². The first-order chi connectivity index (χ1) is 9.15. The topological polar surface area (TPSA) is 38.7 Å². The number of benzene rings is 2. The predicted molar refractivity (Wildman–Crippen MR) is 77.7 cm³/mol. The molecule has 0 heterocycles. The quantitative estimate of drug-likeness (QED) is 0.935. The molecule has 2 aromatic carbocycles. The molecule has 3 nitrogen and oxygen atoms in total. The summed E-state index contributed by atoms with van der Waals surface area (Å²) in [5, 5.41) is 10.4. The van der Waals surface area contributed by atoms with Gasteiger partial charge in [0.1, 0.15) is 17.6 Å². The normalized spacial score (nSPS) is 12.0. The highest BCUT2D eigenvalue weighted by atomic mass is 79.9. The van der Waals surface area contributed by atoms with Crippen molar-refractivity contribution in [2.45, 2.75) is 6.10 Å². The van der Waals surface area contributed by atoms with Crippen molar-refractivity contribution in [1.29, 1.82) is 0 Å². The van der Waals surface area contributed by atoms with Gasteiger partial charge in [-0.15, -0.1) is 0 Å². The summed E-state index contributed by atoms with van der Waals surface area (Å²) in [6.07, 6.45) is -0.728. The summed E-state index contributed by atoms with van der Waals surface area (Å²) >= 11 is 3.37. The van der Waals surface area contributed by atoms with Crippen LogP contribution in [-0.4, -0.2) is 19.3 Å². The van der Waals surface area contributed by atoms with Gasteiger partial charge in [-0.05, 0) is 29.8 Å². The lowest BCUT2D eigenvalue weighted by molar-refractivity contribution is 0.214. The Morgan fingerprint density at radius 1 is 1.00 bits per heavy atom. The average molecular weight is 323 g/mol. The molecular weight excluding hydrogens is 308 g/mol. The molecule has 100 valence electrons. The van der Waals surface area contributed by atoms with Crippen LogP contribution in [0.2, 0.25) is 0 Å². The predicted octanol–water partition coefficient (Wildman–Crippen LogP) is 3.55. The molecule has 1 atom stereocenters. The van der Waals surface area contributed by atoms with Crippen molar-refractivity contribution in [1.82, 2.24) is 0 Å². The third-order valence-corrected chi connectivity index (χ3v) is 3.45. The summed E-state index contributed by atoms with van der Waals surface area (Å²) < 4.78 is 11.4. The fraction of sp³-hybridized carbons (Fsp3) is 0.200. The average Bonchev–Trinajstić information content (AvgIpc) is 2.46. The molecule has 19 heavy (non-hydrogen) atoms. The zero-order valence-electron chi connectivity index (χ0n) is 10.8. The van der Waals surface area contributed by atoms with E-state index in [0.717, 1.165) is 10.0 Å². The number of aliphatic hydroxyl groups is 1. The van der Waals surface area contributed by atoms with Crippen LogP contribution in [-0.2, 0) is 0 Å². The summed E-state index contributed by atoms with van der Waals surface area (Å²) in [5.74, 6) is 1.30. The molecule has 0 aromatic heterocycles. The Bertz CT molecular complexity index is 552. The van der Waals surface area contributed by atoms with Gasteiger partial charge in [-0.2, -0.15) is 0 Å². The minimum Gasteiger partial charge on any atom is -0.497 e. The summed E-state index contributed by atoms with van der Waals surface area (Å²) in [6, 6.07) is 12.9. The standard InChI is InChI=1S/C15H15BrO3/c1-18-12-7-8-13(14(9-12)19-2)15(17)10-3-5-11(16)6-4-10/h3-9,15,17H,1-2H3/t15-/m0/s1. The Balaban J connectivity index is 2.37. The summed E-state index contributed by atoms with van der Waals surface area (Å²) in [7, 11) is 3.17. The second kappa shape index (κ2) is 6.08. The Kier molecular flexibility index (Phi) is 4.45. The van der Waals surface area contributed by atoms with Crippen molar-refractivity contribution < 1.29 is 14.6 Å². The molecule has 1 N–H and O–H groups in total. The van der Waals surface area contributed by atoms with Gasteiger partial charge in [0.2, 0.25) is 0 Å². The van der Waals surface area contributed by atoms with Gasteiger partial charge in [0.15, 0.2) is 0 Å². The Labute approximate surface area is 120 Å². The van der Waals surface area contributed by atoms with Gasteiger partial charge < -0.3 is 14.6 Å². The second-order valence-electron chi connectivity index (χ2n) is 4.06. The molecule has 0 amide bonds. The van der Waals surface area contributed by atoms with Gasteiger partial charge >= 0.3 is 0 Å². The van der Waals surface area contributed by atoms with Crippen molar-refractivity contribution in [2.75, 3.05) is 14.2 Å². The van der Waals surface area contributed by atoms with Crippen LogP contribution >= 0.6 is 15.9 Å². The first-order valence-corrected chi connectivity index (χ1v) is 6.60. The van der Waals surface area contributed by atoms with Gasteiger partial charge in [0.05, 0.1) is 14.2 Å². The lowest BCUT2D eigenvalue weighted by Gasteiger charge is -2.16. The molecule has 0 saturated heterocycles. The molecule has 0 saturated carbocycles. The monoisotopic (exact) mass is 322 g/mol. The lowest BCUT2D eigenvalue weighted by Crippen LogP contribution is -2.02. The fourth-order valence-corrected chi connectivity index (χ4v) is 2.13. The minimum absolute atomic E-state index is 0.606. The molecule has 0 spiro atoms. The number of aliphatic hydroxyl groups excluding tert-OH is 1. The van der Waals surface area contributed by atoms with Crippen molar-refractivity contribution in [3.63, 3.8) is 0 Å². The molecule has 4 heteroatoms. The zero-order chi connectivity index (χ0) is 13.8. The number of hydrogen-bond donors (Lipinski definition) is 1. The van der Waals surface area contributed by atoms with Crippen molar-refractivity contribution >= 4 is 15.9 Å². The summed E-state index contributed by atoms with van der Waals surface area (Å²) in [6.45, 7) is 0. The summed E-state index contributed by atoms with van der Waals surface area (Å²) in [5.41, 5.74) is 1.53. The van der Waals surface area contributed by atoms with E-state index in [-0.39, 0.29) is 0 Å². The molecule has 0 aliphatic carbocycles. The van der Waals surface area contributed by atoms with E-state index < -0.39 is 6.10 Å². The van der Waals surface area contributed by atoms with E-state index in [1.807, 2.05) is 30.3 Å². The van der Waals surface area contributed by atoms with Gasteiger partial charge in [0.25, 0.3) is 0 Å². The number of hydrogen-bond acceptors (Lipinski definition) is 3. The van der Waals surface area contributed by atoms with Crippen LogP contribution in [0.15, 0.2) is 46.9 Å². The molecular formula is C15H15BrO3. The fourth-order valence-electron chi connectivity index (χ4n) is 1.87. The van der Waals surface area contributed by atoms with E-state index in [2.05, 4.69) is 15.9 Å². The molecule has 0 fully saturated rings. The first-order valence-electron chi connectivity index (χ1n) is 5.81. The largest absolute Gasteiger partial charge is 0.497 e. The van der Waals surface area contributed by atoms with E-state index in [0.29, 0.717) is 17.1 Å². The third-order valence-electron chi connectivity index (χ3n) is 2.92. The van der Waals surface area contributed by atoms with E-state index in [1.54, 1.807) is 26.4 Å². The van der Waals surface area contributed by atoms with E-state index in [1.165, 1.54) is 0 Å². The molecule has 2 aromatic rings. The Morgan fingerprint density at radius 3 is 2.26 bits per heavy atom. The third kappa shape index (κ3) is 3.08. The maximum atomic E-state index is 10.4. The number of halogens is 1. The first kappa shape index (κ1) is 13.9. The van der Waals surface area contributed by atoms with Gasteiger partial charge in [-0.3, -0.25) is 0 Å². The molecule has 0 aliphatic rings. The zero-order valence-corrected chi connectivity index (χ0v) is 12.3. The molecule has 0 bridgehead atoms. The number of rotatable bonds is 4. The number of methoxy groups -OCH3 is 2. The summed E-state index contributed by atoms with van der Waals surface area (Å²) in [4.78, 5) is 0. The van der Waals surface area contributed by atoms with Crippen LogP contribution in [0.25, 0.3) is 0 Å². The van der Waals surface area contributed by atoms with Crippen LogP contribution < -0.4 is 9.47 Å². The SMILES string of the molecule is COc1ccc([C@@H](O)c2ccc(Br)cc2)c(OC)c1. The Hall–Kier alpha value is -1.52. The molecule has 0 aliphatic heterocycles. The van der Waals surface area contributed by atoms with E-state index in [4.69, 9.17) is 9.47 Å². The maximum Gasteiger partial charge on any atom is 0.128 e. The van der Waals surface area contributed by atoms with Crippen molar-refractivity contribution in [3.8, 4) is 11.5 Å². The van der Waals surface area contributed by atoms with Crippen LogP contribution in [0.1, 0.15) is 17.2 Å². The molecule has 0 unspecified atom stereocenters. The van der Waals surface area contributed by atoms with E-state index >= 15 is 0 Å². The lowest BCUT2D eigenvalue weighted by atomic mass is 10.0.